The van der Waals surface area contributed by atoms with Gasteiger partial charge in [0.05, 0.1) is 58.6 Å². The number of rotatable bonds is 12. The highest BCUT2D eigenvalue weighted by molar-refractivity contribution is 7.91. The number of hydrogen-bond donors (Lipinski definition) is 5. The predicted molar refractivity (Wildman–Crippen MR) is 200 cm³/mol. The fourth-order valence-electron chi connectivity index (χ4n) is 7.43. The van der Waals surface area contributed by atoms with Crippen molar-refractivity contribution >= 4 is 45.6 Å². The first-order chi connectivity index (χ1) is 28.0. The van der Waals surface area contributed by atoms with Crippen molar-refractivity contribution in [2.75, 3.05) is 20.3 Å². The van der Waals surface area contributed by atoms with Crippen molar-refractivity contribution in [2.45, 2.75) is 78.8 Å². The van der Waals surface area contributed by atoms with Crippen LogP contribution in [0.4, 0.5) is 0 Å². The highest BCUT2D eigenvalue weighted by Crippen LogP contribution is 2.52. The molecule has 3 aromatic carbocycles. The molecule has 0 spiro atoms. The lowest BCUT2D eigenvalue weighted by Gasteiger charge is -2.42. The number of benzene rings is 3. The molecular formula is C38H38ClN3O17S. The number of carbonyl (C=O) groups excluding carboxylic acids is 4. The van der Waals surface area contributed by atoms with Crippen molar-refractivity contribution in [1.82, 2.24) is 5.16 Å². The zero-order valence-corrected chi connectivity index (χ0v) is 33.3. The first-order valence-electron chi connectivity index (χ1n) is 18.0. The molecular weight excluding hydrogens is 838 g/mol. The maximum absolute atomic E-state index is 13.9. The number of aromatic hydroxyl groups is 2. The molecule has 0 bridgehead atoms. The Morgan fingerprint density at radius 2 is 1.75 bits per heavy atom. The number of nitrogens with two attached hydrogens (primary N) is 1. The zero-order chi connectivity index (χ0) is 42.6. The first kappa shape index (κ1) is 43.9. The molecule has 6 N–H and O–H groups in total. The molecule has 0 saturated carbocycles. The molecule has 2 aliphatic carbocycles. The molecule has 6 atom stereocenters. The molecule has 3 aliphatic rings. The fraction of sp³-hybridized carbons (Fsp3) is 0.368. The summed E-state index contributed by atoms with van der Waals surface area (Å²) in [4.78, 5) is 53.6. The lowest BCUT2D eigenvalue weighted by atomic mass is 9.72. The Morgan fingerprint density at radius 3 is 2.43 bits per heavy atom. The Balaban J connectivity index is 0.00000604. The van der Waals surface area contributed by atoms with Gasteiger partial charge in [-0.05, 0) is 30.0 Å². The molecule has 20 nitrogen and oxygen atoms in total. The standard InChI is InChI=1S/C38H37N3O17S.ClH/c1-17-31(44)21(39)13-26(56-17)57-23-15-38(49,14-20-28(23)35(48)30-29(33(20)46)32(45)19-9-6-10-22(53-2)27(19)34(30)47)24(42)16-55-25(43)11-12-54-36-37(41(50)58-40-36)59(51,52)18-7-4-3-5-8-18;/h3-10,17,21,23,26,31,44,46,48-49H,11-16,39H2,1-2H3;1H/t17-,21-,23-,26-,31+,38-;/m0./s1. The van der Waals surface area contributed by atoms with Crippen molar-refractivity contribution in [3.8, 4) is 23.1 Å². The second kappa shape index (κ2) is 16.8. The minimum absolute atomic E-state index is 0. The minimum atomic E-state index is -4.45. The van der Waals surface area contributed by atoms with Gasteiger partial charge in [-0.1, -0.05) is 30.3 Å². The molecule has 1 aliphatic heterocycles. The quantitative estimate of drug-likeness (QED) is 0.0660. The number of esters is 1. The van der Waals surface area contributed by atoms with Crippen LogP contribution in [0.15, 0.2) is 63.1 Å². The van der Waals surface area contributed by atoms with Gasteiger partial charge in [0.25, 0.3) is 9.84 Å². The number of halogens is 1. The molecule has 7 rings (SSSR count). The Bertz CT molecular complexity index is 2470. The number of aromatic nitrogens is 2. The lowest BCUT2D eigenvalue weighted by molar-refractivity contribution is -0.832. The number of sulfone groups is 1. The van der Waals surface area contributed by atoms with Crippen molar-refractivity contribution < 1.29 is 81.2 Å². The summed E-state index contributed by atoms with van der Waals surface area (Å²) in [5.41, 5.74) is 1.60. The smallest absolute Gasteiger partial charge is 0.414 e. The fourth-order valence-corrected chi connectivity index (χ4v) is 8.72. The Kier molecular flexibility index (Phi) is 12.3. The molecule has 0 unspecified atom stereocenters. The van der Waals surface area contributed by atoms with E-state index in [1.165, 1.54) is 56.5 Å². The molecule has 1 fully saturated rings. The summed E-state index contributed by atoms with van der Waals surface area (Å²) in [7, 11) is -3.17. The number of carbonyl (C=O) groups is 4. The highest BCUT2D eigenvalue weighted by atomic mass is 35.5. The third-order valence-electron chi connectivity index (χ3n) is 10.4. The monoisotopic (exact) mass is 875 g/mol. The Morgan fingerprint density at radius 1 is 1.05 bits per heavy atom. The van der Waals surface area contributed by atoms with E-state index in [9.17, 15) is 53.2 Å². The number of phenols is 2. The summed E-state index contributed by atoms with van der Waals surface area (Å²) < 4.78 is 58.0. The Labute approximate surface area is 346 Å². The van der Waals surface area contributed by atoms with Crippen LogP contribution in [0.25, 0.3) is 0 Å². The number of phenolic OH excluding ortho intramolecular Hbond substituents is 2. The Hall–Kier alpha value is -5.68. The van der Waals surface area contributed by atoms with Crippen molar-refractivity contribution in [1.29, 1.82) is 0 Å². The van der Waals surface area contributed by atoms with Gasteiger partial charge in [0, 0.05) is 42.0 Å². The summed E-state index contributed by atoms with van der Waals surface area (Å²) in [5.74, 6) is -6.19. The summed E-state index contributed by atoms with van der Waals surface area (Å²) >= 11 is 0. The normalized spacial score (nSPS) is 23.4. The number of ketones is 3. The van der Waals surface area contributed by atoms with Crippen LogP contribution in [0.5, 0.6) is 23.1 Å². The number of methoxy groups -OCH3 is 1. The van der Waals surface area contributed by atoms with E-state index in [4.69, 9.17) is 29.4 Å². The number of nitrogens with zero attached hydrogens (tertiary/aromatic N) is 2. The number of Topliss-reactive ketones (excluding diaryl/α,β-unsaturated/α-hetero) is 1. The average molecular weight is 876 g/mol. The largest absolute Gasteiger partial charge is 0.507 e. The van der Waals surface area contributed by atoms with Gasteiger partial charge in [-0.3, -0.25) is 23.8 Å². The van der Waals surface area contributed by atoms with Crippen LogP contribution in [0.1, 0.15) is 75.3 Å². The SMILES string of the molecule is COc1cccc2c1C(=O)c1c(O)c3c(c(O)c1C2=O)C[C@@](O)(C(=O)COC(=O)CCOc1no[n+]([O-])c1S(=O)(=O)c1ccccc1)C[C@@H]3O[C@H]1C[C@H](N)[C@H](O)[C@H](C)O1.Cl. The van der Waals surface area contributed by atoms with E-state index in [2.05, 4.69) is 9.79 Å². The molecule has 60 heavy (non-hydrogen) atoms. The average Bonchev–Trinajstić information content (AvgIpc) is 3.59. The minimum Gasteiger partial charge on any atom is -0.507 e. The van der Waals surface area contributed by atoms with E-state index in [1.807, 2.05) is 0 Å². The number of aliphatic hydroxyl groups is 2. The molecule has 320 valence electrons. The summed E-state index contributed by atoms with van der Waals surface area (Å²) in [6.07, 6.45) is -6.73. The topological polar surface area (TPSA) is 308 Å². The van der Waals surface area contributed by atoms with Crippen LogP contribution in [-0.4, -0.2) is 108 Å². The second-order valence-electron chi connectivity index (χ2n) is 14.1. The third kappa shape index (κ3) is 7.64. The van der Waals surface area contributed by atoms with E-state index in [1.54, 1.807) is 6.07 Å². The molecule has 4 aromatic rings. The molecule has 1 saturated heterocycles. The lowest BCUT2D eigenvalue weighted by Crippen LogP contribution is -2.53. The van der Waals surface area contributed by atoms with Gasteiger partial charge < -0.3 is 55.1 Å². The van der Waals surface area contributed by atoms with Crippen LogP contribution in [0, 0.1) is 5.21 Å². The first-order valence-corrected chi connectivity index (χ1v) is 19.5. The second-order valence-corrected chi connectivity index (χ2v) is 16.0. The van der Waals surface area contributed by atoms with Gasteiger partial charge in [-0.15, -0.1) is 12.4 Å². The summed E-state index contributed by atoms with van der Waals surface area (Å²) in [5, 5.41) is 60.2. The van der Waals surface area contributed by atoms with Crippen molar-refractivity contribution in [2.24, 2.45) is 5.73 Å². The summed E-state index contributed by atoms with van der Waals surface area (Å²) in [6, 6.07) is 10.3. The van der Waals surface area contributed by atoms with E-state index in [-0.39, 0.29) is 56.6 Å². The maximum atomic E-state index is 13.9. The van der Waals surface area contributed by atoms with Crippen molar-refractivity contribution in [3.63, 3.8) is 0 Å². The zero-order valence-electron chi connectivity index (χ0n) is 31.6. The predicted octanol–water partition coefficient (Wildman–Crippen LogP) is 0.897. The van der Waals surface area contributed by atoms with Gasteiger partial charge >= 0.3 is 16.9 Å². The molecule has 22 heteroatoms. The third-order valence-corrected chi connectivity index (χ3v) is 12.2. The van der Waals surface area contributed by atoms with Crippen LogP contribution in [0.3, 0.4) is 0 Å². The molecule has 0 radical (unpaired) electrons. The van der Waals surface area contributed by atoms with Crippen LogP contribution < -0.4 is 20.1 Å². The van der Waals surface area contributed by atoms with Gasteiger partial charge in [0.1, 0.15) is 29.5 Å². The van der Waals surface area contributed by atoms with Crippen LogP contribution >= 0.6 is 12.4 Å². The maximum Gasteiger partial charge on any atom is 0.414 e. The van der Waals surface area contributed by atoms with Gasteiger partial charge in [-0.25, -0.2) is 8.42 Å². The van der Waals surface area contributed by atoms with E-state index >= 15 is 0 Å². The van der Waals surface area contributed by atoms with E-state index in [0.29, 0.717) is 0 Å². The number of fused-ring (bicyclic) bond motifs is 3. The summed E-state index contributed by atoms with van der Waals surface area (Å²) in [6.45, 7) is -0.118. The van der Waals surface area contributed by atoms with E-state index < -0.39 is 135 Å². The highest BCUT2D eigenvalue weighted by Gasteiger charge is 2.50. The van der Waals surface area contributed by atoms with Gasteiger partial charge in [-0.2, -0.15) is 0 Å². The number of ether oxygens (including phenoxy) is 5. The van der Waals surface area contributed by atoms with Crippen LogP contribution in [0.2, 0.25) is 0 Å². The van der Waals surface area contributed by atoms with E-state index in [0.717, 1.165) is 0 Å². The number of hydrogen-bond acceptors (Lipinski definition) is 19. The van der Waals surface area contributed by atoms with Crippen LogP contribution in [-0.2, 0) is 40.1 Å². The molecule has 1 aromatic heterocycles. The van der Waals surface area contributed by atoms with Gasteiger partial charge in [0.15, 0.2) is 18.7 Å². The molecule has 2 heterocycles. The van der Waals surface area contributed by atoms with Crippen molar-refractivity contribution in [3.05, 3.63) is 87.1 Å². The van der Waals surface area contributed by atoms with Gasteiger partial charge in [0.2, 0.25) is 11.6 Å². The molecule has 0 amide bonds. The number of aliphatic hydroxyl groups excluding tert-OH is 1.